The molecule has 1 aromatic carbocycles. The van der Waals surface area contributed by atoms with E-state index in [1.165, 1.54) is 0 Å². The van der Waals surface area contributed by atoms with Crippen LogP contribution >= 0.6 is 0 Å². The number of nitrogens with two attached hydrogens (primary N) is 1. The minimum absolute atomic E-state index is 0.299. The van der Waals surface area contributed by atoms with Crippen LogP contribution in [0, 0.1) is 11.8 Å². The molecule has 2 N–H and O–H groups in total. The molecule has 0 bridgehead atoms. The van der Waals surface area contributed by atoms with Crippen LogP contribution < -0.4 is 5.73 Å². The van der Waals surface area contributed by atoms with Gasteiger partial charge in [-0.2, -0.15) is 4.31 Å². The Kier molecular flexibility index (Phi) is 4.59. The Morgan fingerprint density at radius 3 is 2.32 bits per heavy atom. The summed E-state index contributed by atoms with van der Waals surface area (Å²) < 4.78 is 26.3. The molecule has 1 fully saturated rings. The normalized spacial score (nSPS) is 16.7. The fourth-order valence-electron chi connectivity index (χ4n) is 2.12. The number of rotatable bonds is 2. The predicted molar refractivity (Wildman–Crippen MR) is 75.0 cm³/mol. The molecule has 0 unspecified atom stereocenters. The van der Waals surface area contributed by atoms with Crippen LogP contribution in [0.5, 0.6) is 0 Å². The third-order valence-electron chi connectivity index (χ3n) is 3.14. The molecule has 102 valence electrons. The zero-order valence-corrected chi connectivity index (χ0v) is 11.6. The van der Waals surface area contributed by atoms with Crippen molar-refractivity contribution in [2.75, 3.05) is 19.6 Å². The molecular weight excluding hydrogens is 260 g/mol. The molecule has 0 radical (unpaired) electrons. The lowest BCUT2D eigenvalue weighted by molar-refractivity contribution is 0.346. The van der Waals surface area contributed by atoms with Gasteiger partial charge in [0, 0.05) is 18.7 Å². The van der Waals surface area contributed by atoms with E-state index in [4.69, 9.17) is 5.73 Å². The highest BCUT2D eigenvalue weighted by Gasteiger charge is 2.25. The van der Waals surface area contributed by atoms with Crippen molar-refractivity contribution in [3.8, 4) is 11.8 Å². The third kappa shape index (κ3) is 3.35. The first-order chi connectivity index (χ1) is 9.14. The van der Waals surface area contributed by atoms with Crippen molar-refractivity contribution in [3.05, 3.63) is 29.8 Å². The minimum Gasteiger partial charge on any atom is -0.320 e. The van der Waals surface area contributed by atoms with Crippen LogP contribution in [-0.2, 0) is 10.0 Å². The number of nitrogens with zero attached hydrogens (tertiary/aromatic N) is 1. The fourth-order valence-corrected chi connectivity index (χ4v) is 3.63. The van der Waals surface area contributed by atoms with Crippen molar-refractivity contribution in [3.63, 3.8) is 0 Å². The molecule has 0 aromatic heterocycles. The molecule has 0 aliphatic carbocycles. The molecule has 19 heavy (non-hydrogen) atoms. The maximum Gasteiger partial charge on any atom is 0.243 e. The summed E-state index contributed by atoms with van der Waals surface area (Å²) in [6.45, 7) is 1.54. The van der Waals surface area contributed by atoms with Crippen LogP contribution in [0.2, 0.25) is 0 Å². The van der Waals surface area contributed by atoms with E-state index in [0.29, 0.717) is 24.5 Å². The van der Waals surface area contributed by atoms with Gasteiger partial charge in [0.05, 0.1) is 11.4 Å². The van der Waals surface area contributed by atoms with Gasteiger partial charge in [0.1, 0.15) is 0 Å². The van der Waals surface area contributed by atoms with E-state index in [0.717, 1.165) is 24.8 Å². The maximum atomic E-state index is 12.4. The number of hydrogen-bond acceptors (Lipinski definition) is 3. The molecule has 0 saturated carbocycles. The Hall–Kier alpha value is -1.35. The molecule has 5 heteroatoms. The summed E-state index contributed by atoms with van der Waals surface area (Å²) in [7, 11) is -3.34. The smallest absolute Gasteiger partial charge is 0.243 e. The van der Waals surface area contributed by atoms with E-state index < -0.39 is 10.0 Å². The number of sulfonamides is 1. The van der Waals surface area contributed by atoms with Gasteiger partial charge in [-0.05, 0) is 37.1 Å². The molecule has 4 nitrogen and oxygen atoms in total. The number of hydrogen-bond donors (Lipinski definition) is 1. The second-order valence-corrected chi connectivity index (χ2v) is 6.43. The molecule has 2 rings (SSSR count). The summed E-state index contributed by atoms with van der Waals surface area (Å²) in [5.74, 6) is 5.62. The van der Waals surface area contributed by atoms with E-state index >= 15 is 0 Å². The van der Waals surface area contributed by atoms with Gasteiger partial charge in [0.15, 0.2) is 0 Å². The molecule has 0 spiro atoms. The van der Waals surface area contributed by atoms with Crippen LogP contribution in [0.15, 0.2) is 29.2 Å². The summed E-state index contributed by atoms with van der Waals surface area (Å²) in [4.78, 5) is 0.340. The van der Waals surface area contributed by atoms with Crippen molar-refractivity contribution in [2.24, 2.45) is 5.73 Å². The molecule has 0 atom stereocenters. The van der Waals surface area contributed by atoms with Gasteiger partial charge in [0.25, 0.3) is 0 Å². The fraction of sp³-hybridized carbons (Fsp3) is 0.429. The quantitative estimate of drug-likeness (QED) is 0.826. The van der Waals surface area contributed by atoms with Crippen LogP contribution in [0.4, 0.5) is 0 Å². The number of benzene rings is 1. The summed E-state index contributed by atoms with van der Waals surface area (Å²) in [5.41, 5.74) is 6.08. The van der Waals surface area contributed by atoms with Crippen molar-refractivity contribution in [2.45, 2.75) is 24.2 Å². The monoisotopic (exact) mass is 278 g/mol. The first-order valence-corrected chi connectivity index (χ1v) is 7.88. The van der Waals surface area contributed by atoms with Gasteiger partial charge >= 0.3 is 0 Å². The lowest BCUT2D eigenvalue weighted by atomic mass is 10.2. The zero-order chi connectivity index (χ0) is 13.7. The van der Waals surface area contributed by atoms with Gasteiger partial charge in [-0.3, -0.25) is 0 Å². The topological polar surface area (TPSA) is 63.4 Å². The second kappa shape index (κ2) is 6.20. The van der Waals surface area contributed by atoms with Crippen molar-refractivity contribution < 1.29 is 8.42 Å². The van der Waals surface area contributed by atoms with Crippen LogP contribution in [0.1, 0.15) is 24.8 Å². The van der Waals surface area contributed by atoms with Crippen molar-refractivity contribution in [1.82, 2.24) is 4.31 Å². The Balaban J connectivity index is 2.20. The third-order valence-corrected chi connectivity index (χ3v) is 5.05. The summed E-state index contributed by atoms with van der Waals surface area (Å²) in [5, 5.41) is 0. The highest BCUT2D eigenvalue weighted by molar-refractivity contribution is 7.89. The van der Waals surface area contributed by atoms with Gasteiger partial charge in [-0.25, -0.2) is 8.42 Å². The van der Waals surface area contributed by atoms with Crippen molar-refractivity contribution in [1.29, 1.82) is 0 Å². The summed E-state index contributed by atoms with van der Waals surface area (Å²) >= 11 is 0. The van der Waals surface area contributed by atoms with E-state index in [1.54, 1.807) is 28.6 Å². The molecule has 1 aliphatic heterocycles. The molecular formula is C14H18N2O2S. The summed E-state index contributed by atoms with van der Waals surface area (Å²) in [6, 6.07) is 6.67. The van der Waals surface area contributed by atoms with E-state index in [2.05, 4.69) is 11.8 Å². The lowest BCUT2D eigenvalue weighted by Crippen LogP contribution is -2.35. The average Bonchev–Trinajstić information content (AvgIpc) is 2.46. The first kappa shape index (κ1) is 14.1. The molecule has 1 aliphatic rings. The molecule has 1 saturated heterocycles. The van der Waals surface area contributed by atoms with E-state index in [9.17, 15) is 8.42 Å². The van der Waals surface area contributed by atoms with E-state index in [-0.39, 0.29) is 0 Å². The molecule has 1 aromatic rings. The van der Waals surface area contributed by atoms with Crippen LogP contribution in [-0.4, -0.2) is 32.4 Å². The maximum absolute atomic E-state index is 12.4. The average molecular weight is 278 g/mol. The van der Waals surface area contributed by atoms with Crippen LogP contribution in [0.3, 0.4) is 0 Å². The second-order valence-electron chi connectivity index (χ2n) is 4.50. The largest absolute Gasteiger partial charge is 0.320 e. The van der Waals surface area contributed by atoms with Gasteiger partial charge in [-0.15, -0.1) is 0 Å². The summed E-state index contributed by atoms with van der Waals surface area (Å²) in [6.07, 6.45) is 3.00. The Morgan fingerprint density at radius 2 is 1.74 bits per heavy atom. The standard InChI is InChI=1S/C14H18N2O2S/c15-10-4-5-13-6-8-14(9-7-13)19(17,18)16-11-2-1-3-12-16/h6-9H,1-3,10-12,15H2. The molecule has 1 heterocycles. The van der Waals surface area contributed by atoms with Gasteiger partial charge in [-0.1, -0.05) is 18.3 Å². The molecule has 0 amide bonds. The van der Waals surface area contributed by atoms with Gasteiger partial charge in [0.2, 0.25) is 10.0 Å². The zero-order valence-electron chi connectivity index (χ0n) is 10.8. The highest BCUT2D eigenvalue weighted by Crippen LogP contribution is 2.20. The minimum atomic E-state index is -3.34. The SMILES string of the molecule is NCC#Cc1ccc(S(=O)(=O)N2CCCCC2)cc1. The Morgan fingerprint density at radius 1 is 1.11 bits per heavy atom. The first-order valence-electron chi connectivity index (χ1n) is 6.44. The Bertz CT molecular complexity index is 576. The Labute approximate surface area is 114 Å². The van der Waals surface area contributed by atoms with Crippen LogP contribution in [0.25, 0.3) is 0 Å². The van der Waals surface area contributed by atoms with E-state index in [1.807, 2.05) is 0 Å². The highest BCUT2D eigenvalue weighted by atomic mass is 32.2. The lowest BCUT2D eigenvalue weighted by Gasteiger charge is -2.25. The van der Waals surface area contributed by atoms with Crippen molar-refractivity contribution >= 4 is 10.0 Å². The predicted octanol–water partition coefficient (Wildman–Crippen LogP) is 1.17. The number of piperidine rings is 1. The van der Waals surface area contributed by atoms with Gasteiger partial charge < -0.3 is 5.73 Å².